The van der Waals surface area contributed by atoms with Crippen LogP contribution in [0.5, 0.6) is 5.75 Å². The van der Waals surface area contributed by atoms with Crippen molar-refractivity contribution in [2.24, 2.45) is 0 Å². The summed E-state index contributed by atoms with van der Waals surface area (Å²) in [4.78, 5) is 28.9. The maximum Gasteiger partial charge on any atom is 0.358 e. The highest BCUT2D eigenvalue weighted by molar-refractivity contribution is 7.15. The second-order valence-electron chi connectivity index (χ2n) is 5.65. The van der Waals surface area contributed by atoms with E-state index in [9.17, 15) is 9.59 Å². The molecule has 6 nitrogen and oxygen atoms in total. The van der Waals surface area contributed by atoms with Crippen molar-refractivity contribution < 1.29 is 19.1 Å². The molecule has 0 spiro atoms. The zero-order chi connectivity index (χ0) is 17.3. The molecule has 0 unspecified atom stereocenters. The lowest BCUT2D eigenvalue weighted by Gasteiger charge is -2.18. The van der Waals surface area contributed by atoms with Crippen molar-refractivity contribution in [3.05, 3.63) is 28.9 Å². The fourth-order valence-electron chi connectivity index (χ4n) is 2.34. The van der Waals surface area contributed by atoms with E-state index in [1.54, 1.807) is 19.1 Å². The van der Waals surface area contributed by atoms with Crippen LogP contribution in [-0.4, -0.2) is 30.1 Å². The quantitative estimate of drug-likeness (QED) is 0.858. The summed E-state index contributed by atoms with van der Waals surface area (Å²) < 4.78 is 10.5. The Kier molecular flexibility index (Phi) is 4.53. The number of nitrogens with zero attached hydrogens (tertiary/aromatic N) is 1. The molecule has 126 valence electrons. The molecule has 2 aromatic rings. The van der Waals surface area contributed by atoms with Gasteiger partial charge in [0.1, 0.15) is 5.75 Å². The molecule has 0 fully saturated rings. The minimum atomic E-state index is -0.436. The highest BCUT2D eigenvalue weighted by Crippen LogP contribution is 2.38. The summed E-state index contributed by atoms with van der Waals surface area (Å²) in [6.45, 7) is 6.12. The largest absolute Gasteiger partial charge is 0.482 e. The minimum Gasteiger partial charge on any atom is -0.482 e. The van der Waals surface area contributed by atoms with Gasteiger partial charge in [-0.2, -0.15) is 0 Å². The van der Waals surface area contributed by atoms with Crippen LogP contribution in [0.2, 0.25) is 0 Å². The number of fused-ring (bicyclic) bond motifs is 1. The number of esters is 1. The van der Waals surface area contributed by atoms with Crippen molar-refractivity contribution in [3.8, 4) is 16.2 Å². The molecule has 1 aliphatic rings. The summed E-state index contributed by atoms with van der Waals surface area (Å²) >= 11 is 1.46. The van der Waals surface area contributed by atoms with Gasteiger partial charge in [-0.1, -0.05) is 13.8 Å². The Labute approximate surface area is 143 Å². The summed E-state index contributed by atoms with van der Waals surface area (Å²) in [5.74, 6) is 0.188. The highest BCUT2D eigenvalue weighted by atomic mass is 32.1. The number of ether oxygens (including phenoxy) is 2. The number of thiazole rings is 1. The first-order chi connectivity index (χ1) is 11.5. The predicted molar refractivity (Wildman–Crippen MR) is 91.7 cm³/mol. The molecule has 0 saturated heterocycles. The van der Waals surface area contributed by atoms with Gasteiger partial charge in [0.2, 0.25) is 0 Å². The summed E-state index contributed by atoms with van der Waals surface area (Å²) in [6.07, 6.45) is 0. The van der Waals surface area contributed by atoms with Crippen molar-refractivity contribution in [1.29, 1.82) is 0 Å². The Morgan fingerprint density at radius 2 is 2.25 bits per heavy atom. The van der Waals surface area contributed by atoms with Crippen LogP contribution in [0, 0.1) is 0 Å². The summed E-state index contributed by atoms with van der Waals surface area (Å²) in [5, 5.41) is 3.64. The fourth-order valence-corrected chi connectivity index (χ4v) is 3.39. The summed E-state index contributed by atoms with van der Waals surface area (Å²) in [6, 6.07) is 5.44. The van der Waals surface area contributed by atoms with Crippen LogP contribution in [0.25, 0.3) is 10.4 Å². The lowest BCUT2D eigenvalue weighted by atomic mass is 10.1. The third kappa shape index (κ3) is 3.12. The van der Waals surface area contributed by atoms with Gasteiger partial charge in [0.15, 0.2) is 12.3 Å². The second-order valence-corrected chi connectivity index (χ2v) is 6.68. The topological polar surface area (TPSA) is 77.5 Å². The van der Waals surface area contributed by atoms with Crippen molar-refractivity contribution in [1.82, 2.24) is 4.98 Å². The Morgan fingerprint density at radius 1 is 1.46 bits per heavy atom. The van der Waals surface area contributed by atoms with Crippen LogP contribution in [0.1, 0.15) is 42.2 Å². The van der Waals surface area contributed by atoms with Crippen LogP contribution in [0.3, 0.4) is 0 Å². The van der Waals surface area contributed by atoms with E-state index in [1.807, 2.05) is 19.9 Å². The monoisotopic (exact) mass is 346 g/mol. The Morgan fingerprint density at radius 3 is 2.96 bits per heavy atom. The van der Waals surface area contributed by atoms with E-state index in [0.29, 0.717) is 23.7 Å². The summed E-state index contributed by atoms with van der Waals surface area (Å²) in [5.41, 5.74) is 1.71. The molecule has 0 radical (unpaired) electrons. The Hall–Kier alpha value is -2.41. The third-order valence-corrected chi connectivity index (χ3v) is 4.89. The van der Waals surface area contributed by atoms with Crippen LogP contribution >= 0.6 is 11.3 Å². The average molecular weight is 346 g/mol. The van der Waals surface area contributed by atoms with Crippen LogP contribution in [0.4, 0.5) is 5.69 Å². The zero-order valence-electron chi connectivity index (χ0n) is 13.7. The normalized spacial score (nSPS) is 13.2. The number of hydrogen-bond acceptors (Lipinski definition) is 6. The van der Waals surface area contributed by atoms with Gasteiger partial charge in [-0.15, -0.1) is 11.3 Å². The van der Waals surface area contributed by atoms with Gasteiger partial charge in [-0.3, -0.25) is 4.79 Å². The van der Waals surface area contributed by atoms with E-state index in [4.69, 9.17) is 9.47 Å². The molecule has 0 bridgehead atoms. The molecule has 0 aliphatic carbocycles. The van der Waals surface area contributed by atoms with Crippen molar-refractivity contribution >= 4 is 28.9 Å². The number of nitrogens with one attached hydrogen (secondary N) is 1. The Bertz CT molecular complexity index is 798. The second kappa shape index (κ2) is 6.60. The SMILES string of the molecule is CCOC(=O)c1nc(C(C)C)sc1-c1ccc2c(c1)NC(=O)CO2. The lowest BCUT2D eigenvalue weighted by Crippen LogP contribution is -2.25. The molecule has 24 heavy (non-hydrogen) atoms. The molecule has 1 N–H and O–H groups in total. The Balaban J connectivity index is 2.06. The number of anilines is 1. The number of benzene rings is 1. The number of carbonyl (C=O) groups is 2. The number of hydrogen-bond donors (Lipinski definition) is 1. The van der Waals surface area contributed by atoms with Gasteiger partial charge in [0, 0.05) is 5.92 Å². The number of rotatable bonds is 4. The van der Waals surface area contributed by atoms with Crippen LogP contribution < -0.4 is 10.1 Å². The molecular weight excluding hydrogens is 328 g/mol. The van der Waals surface area contributed by atoms with Gasteiger partial charge < -0.3 is 14.8 Å². The number of carbonyl (C=O) groups excluding carboxylic acids is 2. The molecule has 1 aromatic carbocycles. The molecule has 1 aromatic heterocycles. The van der Waals surface area contributed by atoms with Gasteiger partial charge in [-0.05, 0) is 30.7 Å². The predicted octanol–water partition coefficient (Wildman–Crippen LogP) is 3.44. The highest BCUT2D eigenvalue weighted by Gasteiger charge is 2.23. The first-order valence-corrected chi connectivity index (χ1v) is 8.56. The molecule has 1 amide bonds. The van der Waals surface area contributed by atoms with E-state index < -0.39 is 5.97 Å². The first kappa shape index (κ1) is 16.4. The van der Waals surface area contributed by atoms with Crippen LogP contribution in [-0.2, 0) is 9.53 Å². The third-order valence-electron chi connectivity index (χ3n) is 3.48. The van der Waals surface area contributed by atoms with E-state index in [-0.39, 0.29) is 18.4 Å². The maximum atomic E-state index is 12.2. The van der Waals surface area contributed by atoms with E-state index in [0.717, 1.165) is 15.4 Å². The number of aromatic nitrogens is 1. The van der Waals surface area contributed by atoms with Gasteiger partial charge >= 0.3 is 5.97 Å². The van der Waals surface area contributed by atoms with E-state index in [1.165, 1.54) is 11.3 Å². The zero-order valence-corrected chi connectivity index (χ0v) is 14.5. The van der Waals surface area contributed by atoms with Gasteiger partial charge in [0.25, 0.3) is 5.91 Å². The van der Waals surface area contributed by atoms with Crippen molar-refractivity contribution in [2.75, 3.05) is 18.5 Å². The maximum absolute atomic E-state index is 12.2. The fraction of sp³-hybridized carbons (Fsp3) is 0.353. The smallest absolute Gasteiger partial charge is 0.358 e. The number of amides is 1. The first-order valence-electron chi connectivity index (χ1n) is 7.74. The average Bonchev–Trinajstić information content (AvgIpc) is 3.00. The van der Waals surface area contributed by atoms with Crippen molar-refractivity contribution in [2.45, 2.75) is 26.7 Å². The standard InChI is InChI=1S/C17H18N2O4S/c1-4-22-17(21)14-15(24-16(19-14)9(2)3)10-5-6-12-11(7-10)18-13(20)8-23-12/h5-7,9H,4,8H2,1-3H3,(H,18,20). The van der Waals surface area contributed by atoms with Crippen molar-refractivity contribution in [3.63, 3.8) is 0 Å². The summed E-state index contributed by atoms with van der Waals surface area (Å²) in [7, 11) is 0. The van der Waals surface area contributed by atoms with E-state index in [2.05, 4.69) is 10.3 Å². The molecule has 2 heterocycles. The van der Waals surface area contributed by atoms with Crippen LogP contribution in [0.15, 0.2) is 18.2 Å². The van der Waals surface area contributed by atoms with Gasteiger partial charge in [-0.25, -0.2) is 9.78 Å². The molecule has 3 rings (SSSR count). The molecule has 0 saturated carbocycles. The van der Waals surface area contributed by atoms with E-state index >= 15 is 0 Å². The molecule has 0 atom stereocenters. The lowest BCUT2D eigenvalue weighted by molar-refractivity contribution is -0.118. The van der Waals surface area contributed by atoms with Gasteiger partial charge in [0.05, 0.1) is 22.2 Å². The molecular formula is C17H18N2O4S. The molecule has 7 heteroatoms. The molecule has 1 aliphatic heterocycles. The minimum absolute atomic E-state index is 0.0124.